The highest BCUT2D eigenvalue weighted by molar-refractivity contribution is 4.72. The van der Waals surface area contributed by atoms with Crippen LogP contribution in [-0.2, 0) is 4.74 Å². The van der Waals surface area contributed by atoms with Gasteiger partial charge in [0.25, 0.3) is 0 Å². The second-order valence-corrected chi connectivity index (χ2v) is 4.00. The van der Waals surface area contributed by atoms with Gasteiger partial charge in [0.05, 0.1) is 6.10 Å². The minimum absolute atomic E-state index is 0. The molecule has 1 aliphatic heterocycles. The average molecular weight is 218 g/mol. The Morgan fingerprint density at radius 3 is 2.33 bits per heavy atom. The van der Waals surface area contributed by atoms with Gasteiger partial charge in [0.2, 0.25) is 0 Å². The molecule has 0 aromatic heterocycles. The van der Waals surface area contributed by atoms with Crippen molar-refractivity contribution in [1.29, 1.82) is 0 Å². The largest absolute Gasteiger partial charge is 0.378 e. The van der Waals surface area contributed by atoms with E-state index < -0.39 is 5.79 Å². The highest BCUT2D eigenvalue weighted by Crippen LogP contribution is 2.16. The molecule has 0 aliphatic carbocycles. The Hall–Kier alpha value is -0.380. The van der Waals surface area contributed by atoms with Gasteiger partial charge in [-0.25, -0.2) is 0 Å². The van der Waals surface area contributed by atoms with Gasteiger partial charge in [-0.2, -0.15) is 0 Å². The molecule has 2 N–H and O–H groups in total. The smallest absolute Gasteiger partial charge is 0.156 e. The highest BCUT2D eigenvalue weighted by atomic mass is 16.5. The van der Waals surface area contributed by atoms with Crippen LogP contribution in [0.2, 0.25) is 0 Å². The fourth-order valence-corrected chi connectivity index (χ4v) is 1.18. The van der Waals surface area contributed by atoms with Crippen molar-refractivity contribution in [3.05, 3.63) is 12.7 Å². The minimum Gasteiger partial charge on any atom is -0.378 e. The molecule has 0 saturated carbocycles. The maximum absolute atomic E-state index is 8.08. The zero-order valence-electron chi connectivity index (χ0n) is 9.20. The Kier molecular flexibility index (Phi) is 10.1. The van der Waals surface area contributed by atoms with E-state index in [0.29, 0.717) is 6.10 Å². The van der Waals surface area contributed by atoms with Gasteiger partial charge in [-0.15, -0.1) is 6.58 Å². The van der Waals surface area contributed by atoms with Crippen LogP contribution in [0, 0.1) is 0 Å². The van der Waals surface area contributed by atoms with Gasteiger partial charge in [-0.1, -0.05) is 13.5 Å². The van der Waals surface area contributed by atoms with E-state index in [1.807, 2.05) is 6.08 Å². The molecule has 1 atom stereocenters. The lowest BCUT2D eigenvalue weighted by Crippen LogP contribution is -2.15. The molecular formula is C12H26O3. The van der Waals surface area contributed by atoms with Gasteiger partial charge in [0, 0.05) is 6.61 Å². The molecule has 1 aliphatic rings. The lowest BCUT2D eigenvalue weighted by Gasteiger charge is -2.04. The summed E-state index contributed by atoms with van der Waals surface area (Å²) in [6.07, 6.45) is 7.29. The Morgan fingerprint density at radius 2 is 2.00 bits per heavy atom. The first kappa shape index (κ1) is 17.0. The van der Waals surface area contributed by atoms with Crippen LogP contribution in [-0.4, -0.2) is 28.7 Å². The molecule has 1 rings (SSSR count). The maximum atomic E-state index is 8.08. The quantitative estimate of drug-likeness (QED) is 0.565. The Morgan fingerprint density at radius 1 is 1.47 bits per heavy atom. The fourth-order valence-electron chi connectivity index (χ4n) is 1.18. The summed E-state index contributed by atoms with van der Waals surface area (Å²) in [5.74, 6) is -1.50. The van der Waals surface area contributed by atoms with E-state index in [-0.39, 0.29) is 7.43 Å². The zero-order chi connectivity index (χ0) is 11.0. The molecular weight excluding hydrogens is 192 g/mol. The first-order valence-electron chi connectivity index (χ1n) is 5.10. The van der Waals surface area contributed by atoms with Crippen LogP contribution in [0.25, 0.3) is 0 Å². The summed E-state index contributed by atoms with van der Waals surface area (Å²) < 4.78 is 5.41. The van der Waals surface area contributed by atoms with Crippen LogP contribution in [0.4, 0.5) is 0 Å². The van der Waals surface area contributed by atoms with E-state index in [9.17, 15) is 0 Å². The van der Waals surface area contributed by atoms with Crippen LogP contribution in [0.15, 0.2) is 12.7 Å². The molecule has 0 spiro atoms. The van der Waals surface area contributed by atoms with Crippen molar-refractivity contribution in [2.45, 2.75) is 58.8 Å². The van der Waals surface area contributed by atoms with E-state index in [1.165, 1.54) is 33.1 Å². The maximum Gasteiger partial charge on any atom is 0.156 e. The van der Waals surface area contributed by atoms with Crippen molar-refractivity contribution >= 4 is 0 Å². The summed E-state index contributed by atoms with van der Waals surface area (Å²) in [4.78, 5) is 0. The SMILES string of the molecule is C.C=CCCC1CCCO1.CC(C)(O)O. The van der Waals surface area contributed by atoms with E-state index in [1.54, 1.807) is 0 Å². The molecule has 3 nitrogen and oxygen atoms in total. The number of ether oxygens (including phenoxy) is 1. The number of rotatable bonds is 3. The van der Waals surface area contributed by atoms with E-state index >= 15 is 0 Å². The van der Waals surface area contributed by atoms with Crippen LogP contribution in [0.3, 0.4) is 0 Å². The molecule has 0 aromatic carbocycles. The van der Waals surface area contributed by atoms with E-state index in [2.05, 4.69) is 6.58 Å². The van der Waals surface area contributed by atoms with Crippen molar-refractivity contribution in [1.82, 2.24) is 0 Å². The van der Waals surface area contributed by atoms with Crippen molar-refractivity contribution in [2.75, 3.05) is 6.61 Å². The van der Waals surface area contributed by atoms with Gasteiger partial charge in [-0.05, 0) is 39.5 Å². The molecule has 0 bridgehead atoms. The van der Waals surface area contributed by atoms with Crippen LogP contribution in [0.1, 0.15) is 47.0 Å². The Labute approximate surface area is 93.8 Å². The third-order valence-corrected chi connectivity index (χ3v) is 1.72. The summed E-state index contributed by atoms with van der Waals surface area (Å²) in [5, 5.41) is 16.2. The summed E-state index contributed by atoms with van der Waals surface area (Å²) in [7, 11) is 0. The lowest BCUT2D eigenvalue weighted by atomic mass is 10.1. The van der Waals surface area contributed by atoms with Crippen molar-refractivity contribution in [3.8, 4) is 0 Å². The van der Waals surface area contributed by atoms with Gasteiger partial charge >= 0.3 is 0 Å². The van der Waals surface area contributed by atoms with E-state index in [4.69, 9.17) is 14.9 Å². The van der Waals surface area contributed by atoms with Gasteiger partial charge < -0.3 is 14.9 Å². The normalized spacial score (nSPS) is 19.9. The molecule has 1 heterocycles. The summed E-state index contributed by atoms with van der Waals surface area (Å²) in [5.41, 5.74) is 0. The monoisotopic (exact) mass is 218 g/mol. The molecule has 0 radical (unpaired) electrons. The molecule has 0 amide bonds. The lowest BCUT2D eigenvalue weighted by molar-refractivity contribution is -0.127. The molecule has 1 fully saturated rings. The zero-order valence-corrected chi connectivity index (χ0v) is 9.20. The number of hydrogen-bond donors (Lipinski definition) is 2. The van der Waals surface area contributed by atoms with E-state index in [0.717, 1.165) is 13.0 Å². The standard InChI is InChI=1S/C8H14O.C3H8O2.CH4/c1-2-3-5-8-6-4-7-9-8;1-3(2,4)5;/h2,8H,1,3-7H2;4-5H,1-2H3;1H4. The predicted octanol–water partition coefficient (Wildman–Crippen LogP) is 2.47. The molecule has 92 valence electrons. The van der Waals surface area contributed by atoms with Crippen LogP contribution in [0.5, 0.6) is 0 Å². The first-order chi connectivity index (χ1) is 6.43. The van der Waals surface area contributed by atoms with Gasteiger partial charge in [0.15, 0.2) is 5.79 Å². The molecule has 0 aromatic rings. The van der Waals surface area contributed by atoms with Gasteiger partial charge in [-0.3, -0.25) is 0 Å². The third-order valence-electron chi connectivity index (χ3n) is 1.72. The minimum atomic E-state index is -1.50. The molecule has 15 heavy (non-hydrogen) atoms. The summed E-state index contributed by atoms with van der Waals surface area (Å²) in [6.45, 7) is 7.24. The van der Waals surface area contributed by atoms with Gasteiger partial charge in [0.1, 0.15) is 0 Å². The number of hydrogen-bond acceptors (Lipinski definition) is 3. The first-order valence-corrected chi connectivity index (χ1v) is 5.10. The van der Waals surface area contributed by atoms with Crippen LogP contribution < -0.4 is 0 Å². The Balaban J connectivity index is 0. The number of allylic oxidation sites excluding steroid dienone is 1. The van der Waals surface area contributed by atoms with Crippen molar-refractivity contribution in [2.24, 2.45) is 0 Å². The molecule has 1 saturated heterocycles. The van der Waals surface area contributed by atoms with Crippen molar-refractivity contribution < 1.29 is 14.9 Å². The Bertz CT molecular complexity index is 137. The second kappa shape index (κ2) is 8.89. The number of aliphatic hydroxyl groups is 2. The fraction of sp³-hybridized carbons (Fsp3) is 0.833. The molecule has 3 heteroatoms. The third kappa shape index (κ3) is 16.3. The molecule has 1 unspecified atom stereocenters. The average Bonchev–Trinajstić information content (AvgIpc) is 2.49. The highest BCUT2D eigenvalue weighted by Gasteiger charge is 2.13. The van der Waals surface area contributed by atoms with Crippen LogP contribution >= 0.6 is 0 Å². The van der Waals surface area contributed by atoms with Crippen molar-refractivity contribution in [3.63, 3.8) is 0 Å². The second-order valence-electron chi connectivity index (χ2n) is 4.00. The summed E-state index contributed by atoms with van der Waals surface area (Å²) >= 11 is 0. The summed E-state index contributed by atoms with van der Waals surface area (Å²) in [6, 6.07) is 0. The topological polar surface area (TPSA) is 49.7 Å². The predicted molar refractivity (Wildman–Crippen MR) is 63.7 cm³/mol.